The molecule has 5 nitrogen and oxygen atoms in total. The first kappa shape index (κ1) is 16.4. The van der Waals surface area contributed by atoms with Crippen LogP contribution < -0.4 is 5.73 Å². The number of hydrogen-bond donors (Lipinski definition) is 1. The number of hydrogen-bond acceptors (Lipinski definition) is 5. The lowest BCUT2D eigenvalue weighted by atomic mass is 9.93. The summed E-state index contributed by atoms with van der Waals surface area (Å²) < 4.78 is 9.88. The van der Waals surface area contributed by atoms with Crippen molar-refractivity contribution in [3.05, 3.63) is 24.8 Å². The van der Waals surface area contributed by atoms with Crippen LogP contribution in [-0.2, 0) is 19.1 Å². The van der Waals surface area contributed by atoms with E-state index < -0.39 is 11.9 Å². The maximum absolute atomic E-state index is 11.9. The fourth-order valence-electron chi connectivity index (χ4n) is 2.58. The summed E-state index contributed by atoms with van der Waals surface area (Å²) in [5.74, 6) is -1.17. The molecule has 1 rings (SSSR count). The molecule has 1 aliphatic rings. The lowest BCUT2D eigenvalue weighted by molar-refractivity contribution is -0.149. The zero-order valence-corrected chi connectivity index (χ0v) is 12.1. The van der Waals surface area contributed by atoms with Gasteiger partial charge in [-0.3, -0.25) is 4.79 Å². The highest BCUT2D eigenvalue weighted by atomic mass is 16.5. The van der Waals surface area contributed by atoms with E-state index in [2.05, 4.69) is 6.58 Å². The van der Waals surface area contributed by atoms with Crippen LogP contribution in [0.3, 0.4) is 0 Å². The van der Waals surface area contributed by atoms with E-state index in [1.807, 2.05) is 0 Å². The number of carbonyl (C=O) groups is 2. The summed E-state index contributed by atoms with van der Waals surface area (Å²) in [5, 5.41) is 0. The van der Waals surface area contributed by atoms with Gasteiger partial charge in [-0.05, 0) is 32.1 Å². The third-order valence-electron chi connectivity index (χ3n) is 3.54. The number of ether oxygens (including phenoxy) is 2. The van der Waals surface area contributed by atoms with Crippen LogP contribution in [0.4, 0.5) is 0 Å². The van der Waals surface area contributed by atoms with Crippen LogP contribution in [0, 0.1) is 17.8 Å². The van der Waals surface area contributed by atoms with Crippen LogP contribution >= 0.6 is 0 Å². The van der Waals surface area contributed by atoms with Crippen LogP contribution in [0.15, 0.2) is 24.8 Å². The molecule has 4 atom stereocenters. The van der Waals surface area contributed by atoms with E-state index in [-0.39, 0.29) is 23.8 Å². The molecule has 0 aliphatic heterocycles. The predicted octanol–water partition coefficient (Wildman–Crippen LogP) is 1.43. The van der Waals surface area contributed by atoms with E-state index >= 15 is 0 Å². The Bertz CT molecular complexity index is 391. The van der Waals surface area contributed by atoms with Crippen molar-refractivity contribution in [2.24, 2.45) is 23.5 Å². The summed E-state index contributed by atoms with van der Waals surface area (Å²) >= 11 is 0. The molecular formula is C15H23NO4. The van der Waals surface area contributed by atoms with E-state index in [1.54, 1.807) is 26.0 Å². The highest BCUT2D eigenvalue weighted by Gasteiger charge is 2.43. The lowest BCUT2D eigenvalue weighted by Gasteiger charge is -2.19. The molecule has 0 saturated heterocycles. The van der Waals surface area contributed by atoms with Gasteiger partial charge >= 0.3 is 11.9 Å². The summed E-state index contributed by atoms with van der Waals surface area (Å²) in [5.41, 5.74) is 6.13. The summed E-state index contributed by atoms with van der Waals surface area (Å²) in [6.45, 7) is 7.92. The van der Waals surface area contributed by atoms with E-state index in [0.717, 1.165) is 0 Å². The van der Waals surface area contributed by atoms with Gasteiger partial charge in [0.15, 0.2) is 0 Å². The van der Waals surface area contributed by atoms with Crippen molar-refractivity contribution in [1.82, 2.24) is 0 Å². The smallest absolute Gasteiger partial charge is 0.330 e. The predicted molar refractivity (Wildman–Crippen MR) is 75.7 cm³/mol. The number of allylic oxidation sites excluding steroid dienone is 1. The Morgan fingerprint density at radius 2 is 1.90 bits per heavy atom. The number of rotatable bonds is 6. The van der Waals surface area contributed by atoms with Gasteiger partial charge in [0.25, 0.3) is 0 Å². The molecule has 0 aromatic heterocycles. The quantitative estimate of drug-likeness (QED) is 0.453. The summed E-state index contributed by atoms with van der Waals surface area (Å²) in [7, 11) is 0. The first-order chi connectivity index (χ1) is 9.54. The minimum absolute atomic E-state index is 0.0269. The Morgan fingerprint density at radius 3 is 2.45 bits per heavy atom. The molecule has 1 saturated carbocycles. The molecule has 5 heteroatoms. The summed E-state index contributed by atoms with van der Waals surface area (Å²) in [6, 6.07) is -0.372. The zero-order valence-electron chi connectivity index (χ0n) is 12.1. The number of esters is 2. The molecule has 0 aromatic carbocycles. The molecule has 112 valence electrons. The molecule has 2 N–H and O–H groups in total. The van der Waals surface area contributed by atoms with Crippen molar-refractivity contribution >= 4 is 11.9 Å². The molecule has 1 aliphatic carbocycles. The van der Waals surface area contributed by atoms with Crippen LogP contribution in [-0.4, -0.2) is 31.2 Å². The van der Waals surface area contributed by atoms with Gasteiger partial charge in [-0.1, -0.05) is 12.2 Å². The molecule has 0 radical (unpaired) electrons. The molecule has 20 heavy (non-hydrogen) atoms. The second-order valence-corrected chi connectivity index (χ2v) is 4.77. The fraction of sp³-hybridized carbons (Fsp3) is 0.600. The Hall–Kier alpha value is -1.62. The molecule has 0 amide bonds. The van der Waals surface area contributed by atoms with Crippen molar-refractivity contribution in [2.45, 2.75) is 26.3 Å². The highest BCUT2D eigenvalue weighted by Crippen LogP contribution is 2.37. The SMILES string of the molecule is C=C[C@@H]1C[C@H](/C=C/C(=O)OCC)[C@@H](N)[C@H]1C(=O)OCC. The topological polar surface area (TPSA) is 78.6 Å². The molecule has 0 unspecified atom stereocenters. The maximum atomic E-state index is 11.9. The summed E-state index contributed by atoms with van der Waals surface area (Å²) in [4.78, 5) is 23.3. The van der Waals surface area contributed by atoms with Crippen LogP contribution in [0.2, 0.25) is 0 Å². The van der Waals surface area contributed by atoms with Gasteiger partial charge in [0.05, 0.1) is 19.1 Å². The third-order valence-corrected chi connectivity index (χ3v) is 3.54. The average molecular weight is 281 g/mol. The second-order valence-electron chi connectivity index (χ2n) is 4.77. The van der Waals surface area contributed by atoms with E-state index in [9.17, 15) is 9.59 Å². The molecular weight excluding hydrogens is 258 g/mol. The van der Waals surface area contributed by atoms with Gasteiger partial charge in [-0.15, -0.1) is 6.58 Å². The maximum Gasteiger partial charge on any atom is 0.330 e. The standard InChI is InChI=1S/C15H23NO4/c1-4-10-9-11(7-8-12(17)19-5-2)14(16)13(10)15(18)20-6-3/h4,7-8,10-11,13-14H,1,5-6,9,16H2,2-3H3/b8-7+/t10-,11+,13+,14-/m1/s1. The highest BCUT2D eigenvalue weighted by molar-refractivity contribution is 5.82. The van der Waals surface area contributed by atoms with Gasteiger partial charge in [0.1, 0.15) is 0 Å². The summed E-state index contributed by atoms with van der Waals surface area (Å²) in [6.07, 6.45) is 5.52. The Balaban J connectivity index is 2.75. The van der Waals surface area contributed by atoms with Crippen molar-refractivity contribution in [3.8, 4) is 0 Å². The monoisotopic (exact) mass is 281 g/mol. The van der Waals surface area contributed by atoms with E-state index in [4.69, 9.17) is 15.2 Å². The average Bonchev–Trinajstić information content (AvgIpc) is 2.73. The minimum atomic E-state index is -0.399. The minimum Gasteiger partial charge on any atom is -0.466 e. The number of nitrogens with two attached hydrogens (primary N) is 1. The van der Waals surface area contributed by atoms with Crippen molar-refractivity contribution in [3.63, 3.8) is 0 Å². The molecule has 0 aromatic rings. The zero-order chi connectivity index (χ0) is 15.1. The first-order valence-electron chi connectivity index (χ1n) is 6.94. The Kier molecular flexibility index (Phi) is 6.45. The van der Waals surface area contributed by atoms with E-state index in [1.165, 1.54) is 6.08 Å². The molecule has 0 spiro atoms. The molecule has 0 bridgehead atoms. The lowest BCUT2D eigenvalue weighted by Crippen LogP contribution is -2.37. The van der Waals surface area contributed by atoms with E-state index in [0.29, 0.717) is 19.6 Å². The van der Waals surface area contributed by atoms with Crippen LogP contribution in [0.5, 0.6) is 0 Å². The van der Waals surface area contributed by atoms with Gasteiger partial charge in [0.2, 0.25) is 0 Å². The van der Waals surface area contributed by atoms with Crippen molar-refractivity contribution < 1.29 is 19.1 Å². The largest absolute Gasteiger partial charge is 0.466 e. The fourth-order valence-corrected chi connectivity index (χ4v) is 2.58. The normalized spacial score (nSPS) is 29.4. The third kappa shape index (κ3) is 3.93. The molecule has 0 heterocycles. The molecule has 1 fully saturated rings. The van der Waals surface area contributed by atoms with Gasteiger partial charge in [-0.25, -0.2) is 4.79 Å². The first-order valence-corrected chi connectivity index (χ1v) is 6.94. The van der Waals surface area contributed by atoms with Crippen molar-refractivity contribution in [2.75, 3.05) is 13.2 Å². The Morgan fingerprint density at radius 1 is 1.25 bits per heavy atom. The van der Waals surface area contributed by atoms with Crippen LogP contribution in [0.1, 0.15) is 20.3 Å². The Labute approximate surface area is 119 Å². The van der Waals surface area contributed by atoms with Crippen molar-refractivity contribution in [1.29, 1.82) is 0 Å². The van der Waals surface area contributed by atoms with Gasteiger partial charge < -0.3 is 15.2 Å². The van der Waals surface area contributed by atoms with Gasteiger partial charge in [0, 0.05) is 12.1 Å². The van der Waals surface area contributed by atoms with Crippen LogP contribution in [0.25, 0.3) is 0 Å². The van der Waals surface area contributed by atoms with Gasteiger partial charge in [-0.2, -0.15) is 0 Å². The number of carbonyl (C=O) groups excluding carboxylic acids is 2. The second kappa shape index (κ2) is 7.85.